The minimum Gasteiger partial charge on any atom is -0.465 e. The van der Waals surface area contributed by atoms with Gasteiger partial charge >= 0.3 is 12.1 Å². The SMILES string of the molecule is CC(=O)N[C@@H](CCCCNC(=O)OC(C)(C)C)C(=O)NC[C@@H](N)C(=O)OCC[Si](C)(C)C. The Bertz CT molecular complexity index is 631. The number of rotatable bonds is 13. The summed E-state index contributed by atoms with van der Waals surface area (Å²) in [6.45, 7) is 13.8. The number of carbonyl (C=O) groups excluding carboxylic acids is 4. The molecule has 32 heavy (non-hydrogen) atoms. The number of alkyl carbamates (subject to hydrolysis) is 1. The molecule has 0 aliphatic carbocycles. The van der Waals surface area contributed by atoms with E-state index in [1.54, 1.807) is 20.8 Å². The second kappa shape index (κ2) is 14.1. The molecule has 10 nitrogen and oxygen atoms in total. The van der Waals surface area contributed by atoms with Crippen LogP contribution >= 0.6 is 0 Å². The zero-order valence-electron chi connectivity index (χ0n) is 20.6. The lowest BCUT2D eigenvalue weighted by molar-refractivity contribution is -0.144. The third-order valence-electron chi connectivity index (χ3n) is 4.18. The van der Waals surface area contributed by atoms with E-state index in [1.165, 1.54) is 6.92 Å². The summed E-state index contributed by atoms with van der Waals surface area (Å²) in [5, 5.41) is 7.85. The second-order valence-electron chi connectivity index (χ2n) is 10.0. The van der Waals surface area contributed by atoms with Crippen molar-refractivity contribution in [2.75, 3.05) is 19.7 Å². The van der Waals surface area contributed by atoms with E-state index in [0.717, 1.165) is 6.04 Å². The fourth-order valence-corrected chi connectivity index (χ4v) is 3.19. The van der Waals surface area contributed by atoms with E-state index in [2.05, 4.69) is 35.6 Å². The third-order valence-corrected chi connectivity index (χ3v) is 5.88. The van der Waals surface area contributed by atoms with Gasteiger partial charge in [0, 0.05) is 28.1 Å². The van der Waals surface area contributed by atoms with Gasteiger partial charge in [0.1, 0.15) is 17.7 Å². The van der Waals surface area contributed by atoms with Crippen LogP contribution in [-0.2, 0) is 23.9 Å². The van der Waals surface area contributed by atoms with Crippen molar-refractivity contribution in [1.82, 2.24) is 16.0 Å². The van der Waals surface area contributed by atoms with Gasteiger partial charge in [0.05, 0.1) is 6.61 Å². The van der Waals surface area contributed by atoms with Crippen molar-refractivity contribution in [3.8, 4) is 0 Å². The predicted octanol–water partition coefficient (Wildman–Crippen LogP) is 1.51. The van der Waals surface area contributed by atoms with Crippen molar-refractivity contribution in [3.63, 3.8) is 0 Å². The molecule has 0 fully saturated rings. The van der Waals surface area contributed by atoms with Crippen molar-refractivity contribution in [2.24, 2.45) is 5.73 Å². The smallest absolute Gasteiger partial charge is 0.407 e. The number of amides is 3. The summed E-state index contributed by atoms with van der Waals surface area (Å²) < 4.78 is 10.3. The highest BCUT2D eigenvalue weighted by Crippen LogP contribution is 2.08. The molecule has 11 heteroatoms. The Labute approximate surface area is 192 Å². The van der Waals surface area contributed by atoms with Gasteiger partial charge in [-0.3, -0.25) is 14.4 Å². The van der Waals surface area contributed by atoms with Gasteiger partial charge in [-0.15, -0.1) is 0 Å². The van der Waals surface area contributed by atoms with Gasteiger partial charge in [-0.2, -0.15) is 0 Å². The molecule has 0 aromatic heterocycles. The summed E-state index contributed by atoms with van der Waals surface area (Å²) in [6, 6.07) is -0.897. The van der Waals surface area contributed by atoms with Gasteiger partial charge in [0.15, 0.2) is 0 Å². The Balaban J connectivity index is 4.38. The molecule has 0 rings (SSSR count). The van der Waals surface area contributed by atoms with E-state index in [4.69, 9.17) is 15.2 Å². The van der Waals surface area contributed by atoms with E-state index >= 15 is 0 Å². The third kappa shape index (κ3) is 16.5. The van der Waals surface area contributed by atoms with Crippen LogP contribution in [0.25, 0.3) is 0 Å². The summed E-state index contributed by atoms with van der Waals surface area (Å²) in [4.78, 5) is 47.5. The van der Waals surface area contributed by atoms with E-state index < -0.39 is 43.7 Å². The van der Waals surface area contributed by atoms with Crippen LogP contribution < -0.4 is 21.7 Å². The number of ether oxygens (including phenoxy) is 2. The molecule has 0 bridgehead atoms. The van der Waals surface area contributed by atoms with Crippen LogP contribution in [0, 0.1) is 0 Å². The molecule has 3 amide bonds. The van der Waals surface area contributed by atoms with Gasteiger partial charge in [0.25, 0.3) is 0 Å². The van der Waals surface area contributed by atoms with Gasteiger partial charge in [-0.05, 0) is 46.1 Å². The molecule has 2 atom stereocenters. The van der Waals surface area contributed by atoms with Crippen LogP contribution in [0.1, 0.15) is 47.0 Å². The first-order valence-electron chi connectivity index (χ1n) is 11.0. The van der Waals surface area contributed by atoms with Crippen molar-refractivity contribution in [3.05, 3.63) is 0 Å². The van der Waals surface area contributed by atoms with Gasteiger partial charge in [-0.1, -0.05) is 19.6 Å². The molecule has 0 unspecified atom stereocenters. The van der Waals surface area contributed by atoms with E-state index in [9.17, 15) is 19.2 Å². The zero-order chi connectivity index (χ0) is 24.9. The van der Waals surface area contributed by atoms with Crippen LogP contribution in [0.4, 0.5) is 4.79 Å². The van der Waals surface area contributed by atoms with Gasteiger partial charge < -0.3 is 31.2 Å². The maximum Gasteiger partial charge on any atom is 0.407 e. The molecule has 0 aromatic rings. The van der Waals surface area contributed by atoms with E-state index in [0.29, 0.717) is 32.4 Å². The normalized spacial score (nSPS) is 13.5. The maximum absolute atomic E-state index is 12.5. The number of esters is 1. The molecular weight excluding hydrogens is 432 g/mol. The Hall–Kier alpha value is -2.14. The Morgan fingerprint density at radius 3 is 2.19 bits per heavy atom. The van der Waals surface area contributed by atoms with Crippen LogP contribution in [0.3, 0.4) is 0 Å². The van der Waals surface area contributed by atoms with Crippen LogP contribution in [-0.4, -0.2) is 69.3 Å². The fraction of sp³-hybridized carbons (Fsp3) is 0.810. The predicted molar refractivity (Wildman–Crippen MR) is 126 cm³/mol. The molecule has 186 valence electrons. The number of hydrogen-bond donors (Lipinski definition) is 4. The molecule has 0 saturated heterocycles. The monoisotopic (exact) mass is 474 g/mol. The average Bonchev–Trinajstić information content (AvgIpc) is 2.61. The molecule has 0 aliphatic heterocycles. The van der Waals surface area contributed by atoms with Crippen molar-refractivity contribution in [1.29, 1.82) is 0 Å². The van der Waals surface area contributed by atoms with Crippen LogP contribution in [0.2, 0.25) is 25.7 Å². The minimum atomic E-state index is -1.32. The molecule has 0 spiro atoms. The first kappa shape index (κ1) is 29.9. The molecule has 0 saturated carbocycles. The van der Waals surface area contributed by atoms with Crippen LogP contribution in [0.5, 0.6) is 0 Å². The highest BCUT2D eigenvalue weighted by molar-refractivity contribution is 6.76. The number of carbonyl (C=O) groups is 4. The maximum atomic E-state index is 12.5. The molecule has 0 radical (unpaired) electrons. The largest absolute Gasteiger partial charge is 0.465 e. The second-order valence-corrected chi connectivity index (χ2v) is 15.6. The minimum absolute atomic E-state index is 0.0824. The van der Waals surface area contributed by atoms with Crippen molar-refractivity contribution >= 4 is 32.0 Å². The van der Waals surface area contributed by atoms with Crippen molar-refractivity contribution in [2.45, 2.75) is 90.3 Å². The lowest BCUT2D eigenvalue weighted by atomic mass is 10.1. The fourth-order valence-electron chi connectivity index (χ4n) is 2.47. The number of nitrogens with two attached hydrogens (primary N) is 1. The first-order valence-corrected chi connectivity index (χ1v) is 14.8. The number of hydrogen-bond acceptors (Lipinski definition) is 7. The number of nitrogens with one attached hydrogen (secondary N) is 3. The summed E-state index contributed by atoms with van der Waals surface area (Å²) in [5.74, 6) is -1.33. The molecule has 0 aromatic carbocycles. The highest BCUT2D eigenvalue weighted by Gasteiger charge is 2.23. The standard InChI is InChI=1S/C21H42N4O6Si/c1-15(26)25-17(10-8-9-11-23-20(29)31-21(2,3)4)18(27)24-14-16(22)19(28)30-12-13-32(5,6)7/h16-17H,8-14,22H2,1-7H3,(H,23,29)(H,24,27)(H,25,26)/t16-,17+/m1/s1. The van der Waals surface area contributed by atoms with E-state index in [-0.39, 0.29) is 12.5 Å². The average molecular weight is 475 g/mol. The van der Waals surface area contributed by atoms with Crippen molar-refractivity contribution < 1.29 is 28.7 Å². The Morgan fingerprint density at radius 2 is 1.66 bits per heavy atom. The topological polar surface area (TPSA) is 149 Å². The molecule has 0 aliphatic rings. The first-order chi connectivity index (χ1) is 14.6. The van der Waals surface area contributed by atoms with E-state index in [1.807, 2.05) is 0 Å². The highest BCUT2D eigenvalue weighted by atomic mass is 28.3. The lowest BCUT2D eigenvalue weighted by Crippen LogP contribution is -2.50. The molecular formula is C21H42N4O6Si. The van der Waals surface area contributed by atoms with Gasteiger partial charge in [-0.25, -0.2) is 4.79 Å². The summed E-state index contributed by atoms with van der Waals surface area (Å²) >= 11 is 0. The zero-order valence-corrected chi connectivity index (χ0v) is 21.6. The summed E-state index contributed by atoms with van der Waals surface area (Å²) in [6.07, 6.45) is 1.06. The van der Waals surface area contributed by atoms with Crippen LogP contribution in [0.15, 0.2) is 0 Å². The molecule has 0 heterocycles. The molecule has 5 N–H and O–H groups in total. The Kier molecular flexibility index (Phi) is 13.2. The summed E-state index contributed by atoms with van der Waals surface area (Å²) in [7, 11) is -1.32. The number of unbranched alkanes of at least 4 members (excludes halogenated alkanes) is 1. The van der Waals surface area contributed by atoms with Gasteiger partial charge in [0.2, 0.25) is 11.8 Å². The summed E-state index contributed by atoms with van der Waals surface area (Å²) in [5.41, 5.74) is 5.24. The Morgan fingerprint density at radius 1 is 1.03 bits per heavy atom. The lowest BCUT2D eigenvalue weighted by Gasteiger charge is -2.20. The quantitative estimate of drug-likeness (QED) is 0.180.